The summed E-state index contributed by atoms with van der Waals surface area (Å²) in [5, 5.41) is 12.2. The largest absolute Gasteiger partial charge is 0.497 e. The maximum Gasteiger partial charge on any atom is 0.244 e. The number of hydrogen-bond donors (Lipinski definition) is 1. The van der Waals surface area contributed by atoms with Gasteiger partial charge in [-0.25, -0.2) is 13.1 Å². The molecule has 0 bridgehead atoms. The Morgan fingerprint density at radius 3 is 2.82 bits per heavy atom. The van der Waals surface area contributed by atoms with E-state index in [9.17, 15) is 8.42 Å². The van der Waals surface area contributed by atoms with Crippen LogP contribution in [0.1, 0.15) is 6.42 Å². The summed E-state index contributed by atoms with van der Waals surface area (Å²) in [4.78, 5) is 2.08. The fourth-order valence-electron chi connectivity index (χ4n) is 3.23. The van der Waals surface area contributed by atoms with Crippen molar-refractivity contribution >= 4 is 21.5 Å². The van der Waals surface area contributed by atoms with E-state index in [1.54, 1.807) is 16.6 Å². The standard InChI is InChI=1S/C17H20N6O4S/c1-26-13-3-4-14(27-2)15(9-13)28(24,25)21-12-7-8-22(10-12)17-6-5-16-19-18-11-23(16)20-17/h3-6,9,11-12,21H,7-8,10H2,1-2H3/t12-/m1/s1. The molecule has 1 aliphatic rings. The third-order valence-corrected chi connectivity index (χ3v) is 6.18. The number of hydrogen-bond acceptors (Lipinski definition) is 8. The summed E-state index contributed by atoms with van der Waals surface area (Å²) in [5.41, 5.74) is 0.658. The molecule has 1 aromatic carbocycles. The molecule has 3 heterocycles. The first-order valence-corrected chi connectivity index (χ1v) is 10.1. The van der Waals surface area contributed by atoms with Gasteiger partial charge in [0, 0.05) is 25.2 Å². The Bertz CT molecular complexity index is 1100. The van der Waals surface area contributed by atoms with Gasteiger partial charge in [-0.3, -0.25) is 0 Å². The second kappa shape index (κ2) is 7.24. The second-order valence-electron chi connectivity index (χ2n) is 6.39. The summed E-state index contributed by atoms with van der Waals surface area (Å²) in [5.74, 6) is 1.46. The van der Waals surface area contributed by atoms with E-state index in [0.717, 1.165) is 5.82 Å². The van der Waals surface area contributed by atoms with Crippen molar-refractivity contribution in [3.05, 3.63) is 36.7 Å². The summed E-state index contributed by atoms with van der Waals surface area (Å²) in [6.45, 7) is 1.19. The molecule has 10 nitrogen and oxygen atoms in total. The minimum absolute atomic E-state index is 0.0526. The maximum atomic E-state index is 12.9. The van der Waals surface area contributed by atoms with Crippen LogP contribution in [0.4, 0.5) is 5.82 Å². The number of methoxy groups -OCH3 is 2. The van der Waals surface area contributed by atoms with Gasteiger partial charge in [0.15, 0.2) is 5.65 Å². The molecule has 1 fully saturated rings. The monoisotopic (exact) mass is 404 g/mol. The molecule has 0 radical (unpaired) electrons. The normalized spacial score (nSPS) is 17.2. The van der Waals surface area contributed by atoms with Gasteiger partial charge in [-0.15, -0.1) is 15.3 Å². The molecule has 148 valence electrons. The van der Waals surface area contributed by atoms with Gasteiger partial charge in [0.05, 0.1) is 14.2 Å². The van der Waals surface area contributed by atoms with E-state index in [1.165, 1.54) is 26.6 Å². The van der Waals surface area contributed by atoms with Gasteiger partial charge in [-0.1, -0.05) is 0 Å². The van der Waals surface area contributed by atoms with Crippen LogP contribution in [0.5, 0.6) is 11.5 Å². The molecule has 11 heteroatoms. The first-order chi connectivity index (χ1) is 13.5. The zero-order valence-corrected chi connectivity index (χ0v) is 16.3. The Morgan fingerprint density at radius 1 is 1.18 bits per heavy atom. The van der Waals surface area contributed by atoms with Crippen LogP contribution in [-0.4, -0.2) is 61.6 Å². The van der Waals surface area contributed by atoms with Crippen LogP contribution in [0, 0.1) is 0 Å². The summed E-state index contributed by atoms with van der Waals surface area (Å²) < 4.78 is 40.5. The number of rotatable bonds is 6. The Balaban J connectivity index is 1.51. The van der Waals surface area contributed by atoms with E-state index in [4.69, 9.17) is 9.47 Å². The number of aromatic nitrogens is 4. The molecular weight excluding hydrogens is 384 g/mol. The Hall–Kier alpha value is -2.92. The molecule has 2 aromatic heterocycles. The second-order valence-corrected chi connectivity index (χ2v) is 8.08. The molecule has 0 saturated carbocycles. The Morgan fingerprint density at radius 2 is 2.04 bits per heavy atom. The van der Waals surface area contributed by atoms with Crippen molar-refractivity contribution in [2.45, 2.75) is 17.4 Å². The molecule has 1 N–H and O–H groups in total. The molecule has 4 rings (SSSR count). The molecular formula is C17H20N6O4S. The van der Waals surface area contributed by atoms with Crippen LogP contribution >= 0.6 is 0 Å². The lowest BCUT2D eigenvalue weighted by Gasteiger charge is -2.18. The molecule has 1 aliphatic heterocycles. The van der Waals surface area contributed by atoms with Crippen LogP contribution in [-0.2, 0) is 10.0 Å². The van der Waals surface area contributed by atoms with Gasteiger partial charge in [0.25, 0.3) is 0 Å². The van der Waals surface area contributed by atoms with Crippen LogP contribution in [0.3, 0.4) is 0 Å². The van der Waals surface area contributed by atoms with Gasteiger partial charge < -0.3 is 14.4 Å². The maximum absolute atomic E-state index is 12.9. The number of fused-ring (bicyclic) bond motifs is 1. The summed E-state index contributed by atoms with van der Waals surface area (Å²) in [6, 6.07) is 8.11. The van der Waals surface area contributed by atoms with E-state index < -0.39 is 10.0 Å². The van der Waals surface area contributed by atoms with Crippen molar-refractivity contribution in [2.75, 3.05) is 32.2 Å². The zero-order valence-electron chi connectivity index (χ0n) is 15.4. The number of benzene rings is 1. The predicted octanol–water partition coefficient (Wildman–Crippen LogP) is 0.699. The molecule has 1 saturated heterocycles. The lowest BCUT2D eigenvalue weighted by molar-refractivity contribution is 0.391. The minimum Gasteiger partial charge on any atom is -0.497 e. The fourth-order valence-corrected chi connectivity index (χ4v) is 4.67. The summed E-state index contributed by atoms with van der Waals surface area (Å²) in [7, 11) is -0.856. The number of ether oxygens (including phenoxy) is 2. The van der Waals surface area contributed by atoms with Crippen molar-refractivity contribution in [3.63, 3.8) is 0 Å². The van der Waals surface area contributed by atoms with Gasteiger partial charge in [0.2, 0.25) is 10.0 Å². The number of nitrogens with zero attached hydrogens (tertiary/aromatic N) is 5. The summed E-state index contributed by atoms with van der Waals surface area (Å²) >= 11 is 0. The number of nitrogens with one attached hydrogen (secondary N) is 1. The average molecular weight is 404 g/mol. The summed E-state index contributed by atoms with van der Waals surface area (Å²) in [6.07, 6.45) is 2.19. The van der Waals surface area contributed by atoms with E-state index in [-0.39, 0.29) is 16.7 Å². The van der Waals surface area contributed by atoms with Gasteiger partial charge in [-0.05, 0) is 30.7 Å². The molecule has 0 unspecified atom stereocenters. The zero-order chi connectivity index (χ0) is 19.7. The van der Waals surface area contributed by atoms with Crippen molar-refractivity contribution in [2.24, 2.45) is 0 Å². The third kappa shape index (κ3) is 3.45. The van der Waals surface area contributed by atoms with Crippen molar-refractivity contribution < 1.29 is 17.9 Å². The Kier molecular flexibility index (Phi) is 4.77. The van der Waals surface area contributed by atoms with Crippen molar-refractivity contribution in [1.29, 1.82) is 0 Å². The third-order valence-electron chi connectivity index (χ3n) is 4.64. The topological polar surface area (TPSA) is 111 Å². The highest BCUT2D eigenvalue weighted by atomic mass is 32.2. The van der Waals surface area contributed by atoms with Crippen LogP contribution < -0.4 is 19.1 Å². The Labute approximate surface area is 162 Å². The minimum atomic E-state index is -3.78. The molecule has 0 aliphatic carbocycles. The van der Waals surface area contributed by atoms with E-state index >= 15 is 0 Å². The highest BCUT2D eigenvalue weighted by Crippen LogP contribution is 2.29. The van der Waals surface area contributed by atoms with Gasteiger partial charge in [0.1, 0.15) is 28.5 Å². The van der Waals surface area contributed by atoms with Crippen molar-refractivity contribution in [3.8, 4) is 11.5 Å². The van der Waals surface area contributed by atoms with Gasteiger partial charge >= 0.3 is 0 Å². The lowest BCUT2D eigenvalue weighted by Crippen LogP contribution is -2.37. The highest BCUT2D eigenvalue weighted by Gasteiger charge is 2.30. The molecule has 0 amide bonds. The number of sulfonamides is 1. The molecule has 1 atom stereocenters. The van der Waals surface area contributed by atoms with Crippen LogP contribution in [0.2, 0.25) is 0 Å². The lowest BCUT2D eigenvalue weighted by atomic mass is 10.3. The predicted molar refractivity (Wildman–Crippen MR) is 101 cm³/mol. The van der Waals surface area contributed by atoms with Crippen LogP contribution in [0.15, 0.2) is 41.6 Å². The molecule has 28 heavy (non-hydrogen) atoms. The van der Waals surface area contributed by atoms with Gasteiger partial charge in [-0.2, -0.15) is 4.52 Å². The van der Waals surface area contributed by atoms with E-state index in [2.05, 4.69) is 20.0 Å². The van der Waals surface area contributed by atoms with Crippen molar-refractivity contribution in [1.82, 2.24) is 24.5 Å². The molecule has 0 spiro atoms. The van der Waals surface area contributed by atoms with Crippen LogP contribution in [0.25, 0.3) is 5.65 Å². The first-order valence-electron chi connectivity index (χ1n) is 8.66. The highest BCUT2D eigenvalue weighted by molar-refractivity contribution is 7.89. The average Bonchev–Trinajstić information content (AvgIpc) is 3.35. The first kappa shape index (κ1) is 18.4. The molecule has 3 aromatic rings. The van der Waals surface area contributed by atoms with E-state index in [1.807, 2.05) is 17.0 Å². The quantitative estimate of drug-likeness (QED) is 0.639. The smallest absolute Gasteiger partial charge is 0.244 e. The van der Waals surface area contributed by atoms with E-state index in [0.29, 0.717) is 30.9 Å². The SMILES string of the molecule is COc1ccc(OC)c(S(=O)(=O)N[C@@H]2CCN(c3ccc4nncn4n3)C2)c1. The number of anilines is 1. The fraction of sp³-hybridized carbons (Fsp3) is 0.353.